The Bertz CT molecular complexity index is 2540. The lowest BCUT2D eigenvalue weighted by Gasteiger charge is -2.34. The number of nitrogens with zero attached hydrogens (tertiary/aromatic N) is 7. The van der Waals surface area contributed by atoms with E-state index in [1.54, 1.807) is 18.3 Å². The number of rotatable bonds is 9. The second-order valence-corrected chi connectivity index (χ2v) is 17.6. The number of aliphatic carboxylic acids is 1. The van der Waals surface area contributed by atoms with Gasteiger partial charge in [0.25, 0.3) is 0 Å². The van der Waals surface area contributed by atoms with Crippen molar-refractivity contribution in [1.29, 1.82) is 0 Å². The molecule has 3 aromatic carbocycles. The lowest BCUT2D eigenvalue weighted by atomic mass is 9.94. The molecule has 2 N–H and O–H groups in total. The standard InChI is InChI=1S/C46H48ClFN8O4S/c1-28-35-11-8-31(41(28)47)25-56(21-20-55-18-16-54(2)17-19-55)24-29-5-12-37(59-26-34-13-15-50-43(53-34)36-4-3-14-49-36)32(22-29)23-38(46(57)58)60-44-40-39(35)42(61-45(40)52-27-51-44)30-6-9-33(48)10-7-30/h5-13,15,22,27,36,38,49H,3-4,14,16-21,23-26H2,1-2H3,(H,57,58)/t36?,38-/m1/s1. The molecular formula is C46H48ClFN8O4S. The van der Waals surface area contributed by atoms with E-state index in [1.165, 1.54) is 29.8 Å². The molecule has 15 heteroatoms. The fourth-order valence-corrected chi connectivity index (χ4v) is 9.90. The number of hydrogen-bond acceptors (Lipinski definition) is 12. The molecule has 0 radical (unpaired) electrons. The first kappa shape index (κ1) is 41.3. The van der Waals surface area contributed by atoms with E-state index in [-0.39, 0.29) is 30.8 Å². The van der Waals surface area contributed by atoms with Gasteiger partial charge in [-0.3, -0.25) is 9.80 Å². The third-order valence-corrected chi connectivity index (χ3v) is 13.6. The van der Waals surface area contributed by atoms with E-state index in [0.717, 1.165) is 108 Å². The highest BCUT2D eigenvalue weighted by Crippen LogP contribution is 2.49. The molecule has 2 fully saturated rings. The normalized spacial score (nSPS) is 19.0. The molecule has 4 aliphatic heterocycles. The van der Waals surface area contributed by atoms with E-state index in [4.69, 9.17) is 26.1 Å². The molecular weight excluding hydrogens is 815 g/mol. The number of carboxylic acids is 1. The number of benzene rings is 3. The van der Waals surface area contributed by atoms with Gasteiger partial charge < -0.3 is 24.8 Å². The van der Waals surface area contributed by atoms with Crippen molar-refractivity contribution in [3.63, 3.8) is 0 Å². The van der Waals surface area contributed by atoms with Gasteiger partial charge in [0.1, 0.15) is 35.2 Å². The minimum absolute atomic E-state index is 0.00475. The Morgan fingerprint density at radius 3 is 2.61 bits per heavy atom. The highest BCUT2D eigenvalue weighted by molar-refractivity contribution is 7.22. The molecule has 12 nitrogen and oxygen atoms in total. The highest BCUT2D eigenvalue weighted by Gasteiger charge is 2.29. The molecule has 3 aromatic heterocycles. The second-order valence-electron chi connectivity index (χ2n) is 16.2. The van der Waals surface area contributed by atoms with Crippen LogP contribution in [0.2, 0.25) is 5.02 Å². The maximum Gasteiger partial charge on any atom is 0.345 e. The van der Waals surface area contributed by atoms with Crippen LogP contribution in [0.1, 0.15) is 52.7 Å². The average molecular weight is 863 g/mol. The molecule has 1 unspecified atom stereocenters. The summed E-state index contributed by atoms with van der Waals surface area (Å²) in [5.74, 6) is -0.0842. The Morgan fingerprint density at radius 1 is 1.00 bits per heavy atom. The van der Waals surface area contributed by atoms with Gasteiger partial charge in [0.2, 0.25) is 12.0 Å². The minimum atomic E-state index is -1.34. The van der Waals surface area contributed by atoms with E-state index in [0.29, 0.717) is 39.6 Å². The van der Waals surface area contributed by atoms with Gasteiger partial charge in [-0.1, -0.05) is 48.0 Å². The first-order valence-electron chi connectivity index (χ1n) is 20.8. The van der Waals surface area contributed by atoms with Crippen molar-refractivity contribution < 1.29 is 23.8 Å². The second kappa shape index (κ2) is 18.1. The van der Waals surface area contributed by atoms with E-state index in [1.807, 2.05) is 31.2 Å². The van der Waals surface area contributed by atoms with Crippen LogP contribution in [0.15, 0.2) is 73.2 Å². The molecule has 0 saturated carbocycles. The zero-order valence-electron chi connectivity index (χ0n) is 34.2. The van der Waals surface area contributed by atoms with Crippen LogP contribution in [0.3, 0.4) is 0 Å². The van der Waals surface area contributed by atoms with Gasteiger partial charge in [-0.15, -0.1) is 11.3 Å². The number of fused-ring (bicyclic) bond motifs is 6. The van der Waals surface area contributed by atoms with Gasteiger partial charge in [0.15, 0.2) is 0 Å². The molecule has 4 bridgehead atoms. The summed E-state index contributed by atoms with van der Waals surface area (Å²) >= 11 is 8.78. The number of carbonyl (C=O) groups is 1. The molecule has 7 heterocycles. The largest absolute Gasteiger partial charge is 0.487 e. The van der Waals surface area contributed by atoms with Gasteiger partial charge in [0, 0.05) is 80.4 Å². The van der Waals surface area contributed by atoms with E-state index in [2.05, 4.69) is 54.1 Å². The molecule has 10 rings (SSSR count). The highest BCUT2D eigenvalue weighted by atomic mass is 35.5. The van der Waals surface area contributed by atoms with Crippen LogP contribution in [0.4, 0.5) is 4.39 Å². The van der Waals surface area contributed by atoms with Gasteiger partial charge in [-0.2, -0.15) is 0 Å². The van der Waals surface area contributed by atoms with Crippen molar-refractivity contribution in [3.8, 4) is 33.2 Å². The molecule has 6 aromatic rings. The molecule has 0 amide bonds. The number of carboxylic acid groups (broad SMARTS) is 1. The molecule has 316 valence electrons. The number of piperazine rings is 1. The van der Waals surface area contributed by atoms with Gasteiger partial charge in [-0.25, -0.2) is 29.1 Å². The van der Waals surface area contributed by atoms with E-state index >= 15 is 0 Å². The molecule has 4 aliphatic rings. The van der Waals surface area contributed by atoms with Gasteiger partial charge >= 0.3 is 5.97 Å². The van der Waals surface area contributed by atoms with Crippen LogP contribution in [0.25, 0.3) is 31.8 Å². The summed E-state index contributed by atoms with van der Waals surface area (Å²) < 4.78 is 27.2. The zero-order chi connectivity index (χ0) is 42.0. The Labute approximate surface area is 363 Å². The zero-order valence-corrected chi connectivity index (χ0v) is 35.8. The smallest absolute Gasteiger partial charge is 0.345 e. The molecule has 2 atom stereocenters. The van der Waals surface area contributed by atoms with Crippen LogP contribution in [-0.2, 0) is 30.9 Å². The molecule has 0 aliphatic carbocycles. The summed E-state index contributed by atoms with van der Waals surface area (Å²) in [5, 5.41) is 15.5. The Kier molecular flexibility index (Phi) is 12.2. The summed E-state index contributed by atoms with van der Waals surface area (Å²) in [5.41, 5.74) is 6.63. The van der Waals surface area contributed by atoms with E-state index in [9.17, 15) is 14.3 Å². The predicted molar refractivity (Wildman–Crippen MR) is 235 cm³/mol. The van der Waals surface area contributed by atoms with Crippen LogP contribution in [0, 0.1) is 12.7 Å². The maximum atomic E-state index is 14.2. The lowest BCUT2D eigenvalue weighted by Crippen LogP contribution is -2.46. The number of aromatic nitrogens is 4. The minimum Gasteiger partial charge on any atom is -0.487 e. The topological polar surface area (TPSA) is 129 Å². The monoisotopic (exact) mass is 862 g/mol. The van der Waals surface area contributed by atoms with Crippen molar-refractivity contribution in [2.45, 2.75) is 58.0 Å². The Hall–Kier alpha value is -5.09. The maximum absolute atomic E-state index is 14.2. The molecule has 61 heavy (non-hydrogen) atoms. The average Bonchev–Trinajstić information content (AvgIpc) is 3.95. The summed E-state index contributed by atoms with van der Waals surface area (Å²) in [7, 11) is 2.16. The number of ether oxygens (including phenoxy) is 2. The Balaban J connectivity index is 1.14. The number of halogens is 2. The van der Waals surface area contributed by atoms with Gasteiger partial charge in [-0.05, 0) is 91.0 Å². The fraction of sp³-hybridized carbons (Fsp3) is 0.370. The lowest BCUT2D eigenvalue weighted by molar-refractivity contribution is -0.145. The van der Waals surface area contributed by atoms with Crippen molar-refractivity contribution in [1.82, 2.24) is 40.0 Å². The SMILES string of the molecule is Cc1c2ccc(c1Cl)CN(CCN1CCN(C)CC1)Cc1ccc(OCc3ccnc(C4CCCN4)n3)c(c1)C[C@H](C(=O)O)Oc1ncnc3sc(-c4ccc(F)cc4)c-2c13. The Morgan fingerprint density at radius 2 is 1.82 bits per heavy atom. The number of nitrogens with one attached hydrogen (secondary N) is 1. The van der Waals surface area contributed by atoms with E-state index < -0.39 is 12.1 Å². The quantitative estimate of drug-likeness (QED) is 0.149. The number of likely N-dealkylation sites (N-methyl/N-ethyl adjacent to an activating group) is 1. The van der Waals surface area contributed by atoms with Crippen LogP contribution >= 0.6 is 22.9 Å². The van der Waals surface area contributed by atoms with Crippen LogP contribution < -0.4 is 14.8 Å². The number of hydrogen-bond donors (Lipinski definition) is 2. The number of thiophene rings is 1. The predicted octanol–water partition coefficient (Wildman–Crippen LogP) is 7.56. The van der Waals surface area contributed by atoms with Crippen molar-refractivity contribution in [2.24, 2.45) is 0 Å². The van der Waals surface area contributed by atoms with Gasteiger partial charge in [0.05, 0.1) is 17.1 Å². The third-order valence-electron chi connectivity index (χ3n) is 12.0. The van der Waals surface area contributed by atoms with Crippen LogP contribution in [0.5, 0.6) is 11.6 Å². The van der Waals surface area contributed by atoms with Crippen molar-refractivity contribution in [3.05, 3.63) is 118 Å². The fourth-order valence-electron chi connectivity index (χ4n) is 8.52. The van der Waals surface area contributed by atoms with Crippen molar-refractivity contribution >= 4 is 39.1 Å². The van der Waals surface area contributed by atoms with Crippen molar-refractivity contribution in [2.75, 3.05) is 52.9 Å². The first-order chi connectivity index (χ1) is 29.7. The molecule has 2 saturated heterocycles. The summed E-state index contributed by atoms with van der Waals surface area (Å²) in [6.45, 7) is 10.1. The third kappa shape index (κ3) is 9.11. The first-order valence-corrected chi connectivity index (χ1v) is 22.0. The van der Waals surface area contributed by atoms with Crippen LogP contribution in [-0.4, -0.2) is 105 Å². The summed E-state index contributed by atoms with van der Waals surface area (Å²) in [6.07, 6.45) is 3.85. The summed E-state index contributed by atoms with van der Waals surface area (Å²) in [4.78, 5) is 40.4. The summed E-state index contributed by atoms with van der Waals surface area (Å²) in [6, 6.07) is 18.4. The molecule has 0 spiro atoms.